The number of nitrogens with zero attached hydrogens (tertiary/aromatic N) is 5. The van der Waals surface area contributed by atoms with Crippen molar-refractivity contribution in [3.05, 3.63) is 58.1 Å². The molecule has 41 heavy (non-hydrogen) atoms. The van der Waals surface area contributed by atoms with Gasteiger partial charge in [-0.15, -0.1) is 0 Å². The van der Waals surface area contributed by atoms with Gasteiger partial charge in [0.2, 0.25) is 5.43 Å². The molecule has 0 saturated carbocycles. The third-order valence-corrected chi connectivity index (χ3v) is 8.73. The molecule has 1 aromatic carbocycles. The molecule has 6 heterocycles. The Balaban J connectivity index is 1.57. The van der Waals surface area contributed by atoms with E-state index in [4.69, 9.17) is 0 Å². The number of hydrogen-bond donors (Lipinski definition) is 3. The second kappa shape index (κ2) is 8.96. The number of aryl methyl sites for hydroxylation is 1. The molecule has 10 nitrogen and oxygen atoms in total. The first kappa shape index (κ1) is 25.4. The molecule has 0 aliphatic carbocycles. The number of halogens is 2. The smallest absolute Gasteiger partial charge is 0.341 e. The van der Waals surface area contributed by atoms with Gasteiger partial charge in [-0.2, -0.15) is 0 Å². The van der Waals surface area contributed by atoms with Gasteiger partial charge in [-0.25, -0.2) is 23.5 Å². The fourth-order valence-corrected chi connectivity index (χ4v) is 6.79. The van der Waals surface area contributed by atoms with E-state index in [1.807, 2.05) is 0 Å². The number of hydrogen-bond acceptors (Lipinski definition) is 7. The minimum atomic E-state index is -1.33. The van der Waals surface area contributed by atoms with Crippen LogP contribution in [-0.2, 0) is 7.05 Å². The van der Waals surface area contributed by atoms with E-state index in [1.54, 1.807) is 32.6 Å². The summed E-state index contributed by atoms with van der Waals surface area (Å²) in [4.78, 5) is 41.8. The van der Waals surface area contributed by atoms with Gasteiger partial charge in [-0.3, -0.25) is 4.79 Å². The highest BCUT2D eigenvalue weighted by Gasteiger charge is 2.42. The molecule has 12 heteroatoms. The number of H-pyrrole nitrogens is 1. The summed E-state index contributed by atoms with van der Waals surface area (Å²) in [5.74, 6) is -3.27. The molecular weight excluding hydrogens is 532 g/mol. The molecule has 2 fully saturated rings. The van der Waals surface area contributed by atoms with E-state index in [9.17, 15) is 19.1 Å². The molecule has 0 amide bonds. The molecule has 5 aromatic rings. The van der Waals surface area contributed by atoms with Crippen molar-refractivity contribution >= 4 is 50.3 Å². The van der Waals surface area contributed by atoms with Crippen molar-refractivity contribution in [3.8, 4) is 11.1 Å². The lowest BCUT2D eigenvalue weighted by atomic mass is 10.00. The average Bonchev–Trinajstić information content (AvgIpc) is 3.66. The molecule has 4 aromatic heterocycles. The van der Waals surface area contributed by atoms with Crippen LogP contribution in [0.4, 0.5) is 20.2 Å². The number of nitrogens with one attached hydrogen (secondary N) is 2. The van der Waals surface area contributed by atoms with Crippen molar-refractivity contribution in [2.75, 3.05) is 37.4 Å². The number of likely N-dealkylation sites (N-methyl/N-ethyl adjacent to an activating group) is 1. The predicted octanol–water partition coefficient (Wildman–Crippen LogP) is 3.93. The van der Waals surface area contributed by atoms with E-state index in [0.717, 1.165) is 25.5 Å². The summed E-state index contributed by atoms with van der Waals surface area (Å²) in [5, 5.41) is 13.2. The second-order valence-electron chi connectivity index (χ2n) is 10.9. The minimum absolute atomic E-state index is 0.0985. The van der Waals surface area contributed by atoms with Crippen molar-refractivity contribution < 1.29 is 18.7 Å². The van der Waals surface area contributed by atoms with Gasteiger partial charge in [-0.05, 0) is 26.0 Å². The molecule has 0 spiro atoms. The van der Waals surface area contributed by atoms with E-state index in [1.165, 1.54) is 10.8 Å². The lowest BCUT2D eigenvalue weighted by Crippen LogP contribution is -2.35. The Hall–Kier alpha value is -4.58. The van der Waals surface area contributed by atoms with E-state index in [0.29, 0.717) is 57.3 Å². The quantitative estimate of drug-likeness (QED) is 0.303. The SMILES string of the molecule is CNc1cc(F)c(F)c2c1[nH]c1ncc(-c3cnc4c(c3)c(=O)c(C(=O)O)cn4C)c(N3CCC4C3CCN4C)c12. The summed E-state index contributed by atoms with van der Waals surface area (Å²) >= 11 is 0. The highest BCUT2D eigenvalue weighted by Crippen LogP contribution is 2.46. The van der Waals surface area contributed by atoms with Crippen molar-refractivity contribution in [2.45, 2.75) is 24.9 Å². The number of likely N-dealkylation sites (tertiary alicyclic amines) is 1. The molecule has 2 aliphatic heterocycles. The summed E-state index contributed by atoms with van der Waals surface area (Å²) in [7, 11) is 5.37. The molecule has 7 rings (SSSR count). The number of aromatic nitrogens is 4. The van der Waals surface area contributed by atoms with Crippen molar-refractivity contribution in [1.82, 2.24) is 24.4 Å². The maximum Gasteiger partial charge on any atom is 0.341 e. The number of rotatable bonds is 4. The van der Waals surface area contributed by atoms with Crippen LogP contribution < -0.4 is 15.6 Å². The number of carboxylic acid groups (broad SMARTS) is 1. The van der Waals surface area contributed by atoms with Gasteiger partial charge in [0, 0.05) is 75.1 Å². The zero-order valence-electron chi connectivity index (χ0n) is 22.6. The number of carbonyl (C=O) groups is 1. The Labute approximate surface area is 232 Å². The van der Waals surface area contributed by atoms with Crippen molar-refractivity contribution in [1.29, 1.82) is 0 Å². The maximum atomic E-state index is 15.6. The molecule has 2 saturated heterocycles. The summed E-state index contributed by atoms with van der Waals surface area (Å²) in [5.41, 5.74) is 2.35. The van der Waals surface area contributed by atoms with Crippen LogP contribution in [0.3, 0.4) is 0 Å². The Morgan fingerprint density at radius 1 is 1.10 bits per heavy atom. The first-order chi connectivity index (χ1) is 19.7. The standard InChI is InChI=1S/C29H27F2N7O3/c1-32-18-9-17(30)23(31)21-22-25(38-7-5-19-20(38)4-6-36(19)2)15(11-33-27(22)35-24(18)21)13-8-14-26(39)16(29(40)41)12-37(3)28(14)34-10-13/h8-12,19-20,32H,4-7H2,1-3H3,(H,33,35)(H,40,41). The molecular formula is C29H27F2N7O3. The van der Waals surface area contributed by atoms with Gasteiger partial charge in [0.25, 0.3) is 0 Å². The van der Waals surface area contributed by atoms with Crippen LogP contribution in [0.2, 0.25) is 0 Å². The molecule has 2 atom stereocenters. The zero-order valence-corrected chi connectivity index (χ0v) is 22.6. The lowest BCUT2D eigenvalue weighted by molar-refractivity contribution is 0.0695. The number of carboxylic acids is 1. The van der Waals surface area contributed by atoms with Gasteiger partial charge in [-0.1, -0.05) is 0 Å². The molecule has 0 radical (unpaired) electrons. The summed E-state index contributed by atoms with van der Waals surface area (Å²) in [6.45, 7) is 1.61. The predicted molar refractivity (Wildman–Crippen MR) is 153 cm³/mol. The number of pyridine rings is 3. The Morgan fingerprint density at radius 2 is 1.88 bits per heavy atom. The minimum Gasteiger partial charge on any atom is -0.477 e. The highest BCUT2D eigenvalue weighted by molar-refractivity contribution is 6.18. The van der Waals surface area contributed by atoms with Gasteiger partial charge >= 0.3 is 5.97 Å². The summed E-state index contributed by atoms with van der Waals surface area (Å²) < 4.78 is 32.0. The van der Waals surface area contributed by atoms with Crippen LogP contribution in [0.1, 0.15) is 23.2 Å². The molecule has 0 bridgehead atoms. The third-order valence-electron chi connectivity index (χ3n) is 8.73. The van der Waals surface area contributed by atoms with Crippen molar-refractivity contribution in [2.24, 2.45) is 7.05 Å². The normalized spacial score (nSPS) is 19.1. The summed E-state index contributed by atoms with van der Waals surface area (Å²) in [6, 6.07) is 3.19. The Bertz CT molecular complexity index is 1990. The van der Waals surface area contributed by atoms with E-state index < -0.39 is 23.0 Å². The van der Waals surface area contributed by atoms with Gasteiger partial charge < -0.3 is 29.8 Å². The Morgan fingerprint density at radius 3 is 2.63 bits per heavy atom. The lowest BCUT2D eigenvalue weighted by Gasteiger charge is -2.29. The molecule has 2 unspecified atom stereocenters. The Kier molecular flexibility index (Phi) is 5.55. The van der Waals surface area contributed by atoms with Crippen molar-refractivity contribution in [3.63, 3.8) is 0 Å². The van der Waals surface area contributed by atoms with Crippen LogP contribution in [0.5, 0.6) is 0 Å². The fourth-order valence-electron chi connectivity index (χ4n) is 6.79. The number of fused-ring (bicyclic) bond motifs is 5. The van der Waals surface area contributed by atoms with Crippen LogP contribution in [0.25, 0.3) is 44.1 Å². The van der Waals surface area contributed by atoms with Crippen LogP contribution in [-0.4, -0.2) is 74.8 Å². The van der Waals surface area contributed by atoms with Crippen LogP contribution in [0.15, 0.2) is 35.5 Å². The van der Waals surface area contributed by atoms with Gasteiger partial charge in [0.1, 0.15) is 16.9 Å². The number of aromatic carboxylic acids is 1. The molecule has 3 N–H and O–H groups in total. The highest BCUT2D eigenvalue weighted by atomic mass is 19.2. The fraction of sp³-hybridized carbons (Fsp3) is 0.310. The number of aromatic amines is 1. The molecule has 2 aliphatic rings. The first-order valence-corrected chi connectivity index (χ1v) is 13.4. The summed E-state index contributed by atoms with van der Waals surface area (Å²) in [6.07, 6.45) is 6.32. The number of benzene rings is 1. The largest absolute Gasteiger partial charge is 0.477 e. The third kappa shape index (κ3) is 3.56. The van der Waals surface area contributed by atoms with E-state index >= 15 is 4.39 Å². The first-order valence-electron chi connectivity index (χ1n) is 13.4. The topological polar surface area (TPSA) is 119 Å². The monoisotopic (exact) mass is 559 g/mol. The average molecular weight is 560 g/mol. The number of anilines is 2. The van der Waals surface area contributed by atoms with Crippen LogP contribution in [0, 0.1) is 11.6 Å². The van der Waals surface area contributed by atoms with Gasteiger partial charge in [0.15, 0.2) is 11.6 Å². The maximum absolute atomic E-state index is 15.6. The van der Waals surface area contributed by atoms with Crippen LogP contribution >= 0.6 is 0 Å². The second-order valence-corrected chi connectivity index (χ2v) is 10.9. The van der Waals surface area contributed by atoms with E-state index in [2.05, 4.69) is 37.1 Å². The van der Waals surface area contributed by atoms with Gasteiger partial charge in [0.05, 0.1) is 33.1 Å². The van der Waals surface area contributed by atoms with E-state index in [-0.39, 0.29) is 22.4 Å². The molecule has 210 valence electrons. The zero-order chi connectivity index (χ0) is 28.7.